The van der Waals surface area contributed by atoms with Gasteiger partial charge in [-0.1, -0.05) is 11.6 Å². The zero-order valence-corrected chi connectivity index (χ0v) is 8.71. The van der Waals surface area contributed by atoms with Crippen LogP contribution in [-0.4, -0.2) is 18.1 Å². The van der Waals surface area contributed by atoms with E-state index in [2.05, 4.69) is 9.72 Å². The van der Waals surface area contributed by atoms with Crippen LogP contribution in [0.25, 0.3) is 6.08 Å². The number of carbonyl (C=O) groups is 1. The number of aryl methyl sites for hydroxylation is 1. The minimum Gasteiger partial charge on any atom is -0.466 e. The Hall–Kier alpha value is -1.35. The maximum atomic E-state index is 10.8. The molecule has 1 rings (SSSR count). The van der Waals surface area contributed by atoms with Crippen molar-refractivity contribution in [3.05, 3.63) is 34.6 Å². The number of hydrogen-bond donors (Lipinski definition) is 0. The molecule has 0 fully saturated rings. The van der Waals surface area contributed by atoms with Crippen LogP contribution < -0.4 is 0 Å². The van der Waals surface area contributed by atoms with Gasteiger partial charge in [0.2, 0.25) is 0 Å². The highest BCUT2D eigenvalue weighted by Crippen LogP contribution is 2.17. The lowest BCUT2D eigenvalue weighted by atomic mass is 10.1. The second-order valence-corrected chi connectivity index (χ2v) is 3.05. The summed E-state index contributed by atoms with van der Waals surface area (Å²) in [4.78, 5) is 14.7. The number of halogens is 1. The number of pyridine rings is 1. The molecule has 0 N–H and O–H groups in total. The van der Waals surface area contributed by atoms with E-state index in [0.29, 0.717) is 5.15 Å². The molecule has 0 saturated heterocycles. The van der Waals surface area contributed by atoms with Gasteiger partial charge < -0.3 is 4.74 Å². The van der Waals surface area contributed by atoms with Gasteiger partial charge in [-0.3, -0.25) is 0 Å². The molecule has 3 nitrogen and oxygen atoms in total. The Morgan fingerprint density at radius 2 is 2.36 bits per heavy atom. The Balaban J connectivity index is 2.96. The van der Waals surface area contributed by atoms with Gasteiger partial charge in [-0.05, 0) is 24.6 Å². The van der Waals surface area contributed by atoms with Crippen LogP contribution in [0.2, 0.25) is 5.15 Å². The molecule has 0 aliphatic rings. The smallest absolute Gasteiger partial charge is 0.330 e. The summed E-state index contributed by atoms with van der Waals surface area (Å²) in [7, 11) is 1.32. The lowest BCUT2D eigenvalue weighted by molar-refractivity contribution is -0.134. The van der Waals surface area contributed by atoms with Crippen molar-refractivity contribution in [3.8, 4) is 0 Å². The van der Waals surface area contributed by atoms with E-state index in [-0.39, 0.29) is 0 Å². The number of rotatable bonds is 2. The highest BCUT2D eigenvalue weighted by Gasteiger charge is 2.01. The van der Waals surface area contributed by atoms with Gasteiger partial charge in [-0.25, -0.2) is 9.78 Å². The van der Waals surface area contributed by atoms with Crippen LogP contribution in [0.3, 0.4) is 0 Å². The fraction of sp³-hybridized carbons (Fsp3) is 0.200. The average molecular weight is 212 g/mol. The summed E-state index contributed by atoms with van der Waals surface area (Å²) in [5, 5.41) is 0.380. The van der Waals surface area contributed by atoms with Gasteiger partial charge >= 0.3 is 5.97 Å². The molecule has 0 amide bonds. The fourth-order valence-corrected chi connectivity index (χ4v) is 1.22. The molecular weight excluding hydrogens is 202 g/mol. The molecular formula is C10H10ClNO2. The average Bonchev–Trinajstić information content (AvgIpc) is 2.16. The number of nitrogens with zero attached hydrogens (tertiary/aromatic N) is 1. The molecule has 1 aromatic heterocycles. The van der Waals surface area contributed by atoms with Gasteiger partial charge in [-0.2, -0.15) is 0 Å². The highest BCUT2D eigenvalue weighted by molar-refractivity contribution is 6.31. The van der Waals surface area contributed by atoms with Crippen LogP contribution in [0.1, 0.15) is 11.1 Å². The van der Waals surface area contributed by atoms with Crippen LogP contribution in [0.4, 0.5) is 0 Å². The van der Waals surface area contributed by atoms with E-state index in [1.165, 1.54) is 13.2 Å². The number of carbonyl (C=O) groups excluding carboxylic acids is 1. The minimum atomic E-state index is -0.413. The van der Waals surface area contributed by atoms with Gasteiger partial charge in [0.05, 0.1) is 7.11 Å². The van der Waals surface area contributed by atoms with Crippen molar-refractivity contribution >= 4 is 23.6 Å². The number of esters is 1. The van der Waals surface area contributed by atoms with Crippen molar-refractivity contribution in [2.24, 2.45) is 0 Å². The Morgan fingerprint density at radius 3 is 2.93 bits per heavy atom. The van der Waals surface area contributed by atoms with E-state index in [1.54, 1.807) is 12.3 Å². The summed E-state index contributed by atoms with van der Waals surface area (Å²) in [6.07, 6.45) is 4.53. The summed E-state index contributed by atoms with van der Waals surface area (Å²) >= 11 is 5.84. The third-order valence-electron chi connectivity index (χ3n) is 1.75. The maximum absolute atomic E-state index is 10.8. The largest absolute Gasteiger partial charge is 0.466 e. The zero-order valence-electron chi connectivity index (χ0n) is 7.95. The molecule has 4 heteroatoms. The topological polar surface area (TPSA) is 39.2 Å². The molecule has 0 radical (unpaired) electrons. The first-order valence-electron chi connectivity index (χ1n) is 4.02. The van der Waals surface area contributed by atoms with E-state index in [0.717, 1.165) is 11.1 Å². The molecule has 0 aliphatic carbocycles. The van der Waals surface area contributed by atoms with Crippen LogP contribution in [0.15, 0.2) is 18.3 Å². The van der Waals surface area contributed by atoms with Crippen molar-refractivity contribution in [2.45, 2.75) is 6.92 Å². The number of hydrogen-bond acceptors (Lipinski definition) is 3. The summed E-state index contributed by atoms with van der Waals surface area (Å²) in [5.74, 6) is -0.413. The molecule has 14 heavy (non-hydrogen) atoms. The second kappa shape index (κ2) is 4.77. The molecule has 0 spiro atoms. The van der Waals surface area contributed by atoms with Crippen LogP contribution in [0.5, 0.6) is 0 Å². The summed E-state index contributed by atoms with van der Waals surface area (Å²) in [5.41, 5.74) is 1.70. The van der Waals surface area contributed by atoms with E-state index in [1.807, 2.05) is 13.0 Å². The third-order valence-corrected chi connectivity index (χ3v) is 2.05. The van der Waals surface area contributed by atoms with E-state index in [9.17, 15) is 4.79 Å². The first kappa shape index (κ1) is 10.7. The predicted molar refractivity (Wildman–Crippen MR) is 55.0 cm³/mol. The summed E-state index contributed by atoms with van der Waals surface area (Å²) in [6, 6.07) is 1.82. The van der Waals surface area contributed by atoms with Crippen molar-refractivity contribution in [1.29, 1.82) is 0 Å². The standard InChI is InChI=1S/C10H10ClNO2/c1-7-5-6-12-10(11)8(7)3-4-9(13)14-2/h3-6H,1-2H3. The normalized spacial score (nSPS) is 10.5. The lowest BCUT2D eigenvalue weighted by Crippen LogP contribution is -1.94. The molecule has 0 aromatic carbocycles. The van der Waals surface area contributed by atoms with Crippen molar-refractivity contribution in [2.75, 3.05) is 7.11 Å². The highest BCUT2D eigenvalue weighted by atomic mass is 35.5. The molecule has 0 atom stereocenters. The van der Waals surface area contributed by atoms with Gasteiger partial charge in [0, 0.05) is 17.8 Å². The first-order chi connectivity index (χ1) is 6.65. The van der Waals surface area contributed by atoms with E-state index < -0.39 is 5.97 Å². The maximum Gasteiger partial charge on any atom is 0.330 e. The van der Waals surface area contributed by atoms with Gasteiger partial charge in [0.25, 0.3) is 0 Å². The fourth-order valence-electron chi connectivity index (χ4n) is 0.956. The van der Waals surface area contributed by atoms with Crippen molar-refractivity contribution in [3.63, 3.8) is 0 Å². The number of ether oxygens (including phenoxy) is 1. The van der Waals surface area contributed by atoms with Gasteiger partial charge in [0.1, 0.15) is 5.15 Å². The predicted octanol–water partition coefficient (Wildman–Crippen LogP) is 2.23. The Labute approximate surface area is 87.4 Å². The quantitative estimate of drug-likeness (QED) is 0.428. The molecule has 1 aromatic rings. The molecule has 1 heterocycles. The minimum absolute atomic E-state index is 0.380. The van der Waals surface area contributed by atoms with Gasteiger partial charge in [-0.15, -0.1) is 0 Å². The van der Waals surface area contributed by atoms with Crippen LogP contribution in [-0.2, 0) is 9.53 Å². The molecule has 74 valence electrons. The molecule has 0 unspecified atom stereocenters. The molecule has 0 bridgehead atoms. The van der Waals surface area contributed by atoms with Crippen molar-refractivity contribution < 1.29 is 9.53 Å². The zero-order chi connectivity index (χ0) is 10.6. The number of methoxy groups -OCH3 is 1. The van der Waals surface area contributed by atoms with E-state index in [4.69, 9.17) is 11.6 Å². The molecule has 0 saturated carbocycles. The van der Waals surface area contributed by atoms with Crippen LogP contribution in [0, 0.1) is 6.92 Å². The lowest BCUT2D eigenvalue weighted by Gasteiger charge is -2.00. The van der Waals surface area contributed by atoms with Gasteiger partial charge in [0.15, 0.2) is 0 Å². The number of aromatic nitrogens is 1. The second-order valence-electron chi connectivity index (χ2n) is 2.69. The monoisotopic (exact) mass is 211 g/mol. The molecule has 0 aliphatic heterocycles. The third kappa shape index (κ3) is 2.57. The first-order valence-corrected chi connectivity index (χ1v) is 4.40. The Kier molecular flexibility index (Phi) is 3.65. The Bertz CT molecular complexity index is 354. The summed E-state index contributed by atoms with van der Waals surface area (Å²) in [6.45, 7) is 1.89. The van der Waals surface area contributed by atoms with Crippen LogP contribution >= 0.6 is 11.6 Å². The van der Waals surface area contributed by atoms with E-state index >= 15 is 0 Å². The van der Waals surface area contributed by atoms with Crippen molar-refractivity contribution in [1.82, 2.24) is 4.98 Å². The SMILES string of the molecule is COC(=O)C=Cc1c(C)ccnc1Cl. The Morgan fingerprint density at radius 1 is 1.64 bits per heavy atom. The summed E-state index contributed by atoms with van der Waals surface area (Å²) < 4.78 is 4.46.